The molecule has 0 amide bonds. The van der Waals surface area contributed by atoms with E-state index in [1.165, 1.54) is 0 Å². The van der Waals surface area contributed by atoms with Crippen molar-refractivity contribution in [2.75, 3.05) is 12.3 Å². The van der Waals surface area contributed by atoms with Crippen LogP contribution in [0.3, 0.4) is 0 Å². The highest BCUT2D eigenvalue weighted by molar-refractivity contribution is 7.99. The molecule has 0 atom stereocenters. The predicted molar refractivity (Wildman–Crippen MR) is 79.5 cm³/mol. The molecule has 0 aromatic carbocycles. The maximum atomic E-state index is 5.59. The van der Waals surface area contributed by atoms with E-state index in [1.54, 1.807) is 18.0 Å². The third-order valence-corrected chi connectivity index (χ3v) is 3.86. The number of thioether (sulfide) groups is 1. The van der Waals surface area contributed by atoms with Gasteiger partial charge in [-0.05, 0) is 39.8 Å². The molecule has 104 valence electrons. The Morgan fingerprint density at radius 1 is 1.26 bits per heavy atom. The van der Waals surface area contributed by atoms with Crippen LogP contribution in [0.2, 0.25) is 0 Å². The van der Waals surface area contributed by atoms with Crippen molar-refractivity contribution in [1.82, 2.24) is 14.9 Å². The number of oxazole rings is 1. The fourth-order valence-corrected chi connectivity index (χ4v) is 2.94. The molecule has 0 aliphatic rings. The average Bonchev–Trinajstić information content (AvgIpc) is 2.76. The number of hydrogen-bond acceptors (Lipinski definition) is 5. The van der Waals surface area contributed by atoms with Crippen LogP contribution in [-0.4, -0.2) is 39.2 Å². The number of pyridine rings is 1. The van der Waals surface area contributed by atoms with Gasteiger partial charge in [-0.25, -0.2) is 9.97 Å². The van der Waals surface area contributed by atoms with Crippen molar-refractivity contribution in [3.63, 3.8) is 0 Å². The largest absolute Gasteiger partial charge is 0.412 e. The zero-order valence-electron chi connectivity index (χ0n) is 12.0. The zero-order chi connectivity index (χ0) is 13.8. The summed E-state index contributed by atoms with van der Waals surface area (Å²) in [5.74, 6) is 0.975. The molecule has 0 spiro atoms. The van der Waals surface area contributed by atoms with Gasteiger partial charge in [0.2, 0.25) is 5.71 Å². The second-order valence-electron chi connectivity index (χ2n) is 5.08. The first-order valence-corrected chi connectivity index (χ1v) is 7.66. The Labute approximate surface area is 118 Å². The molecular formula is C14H21N3OS. The lowest BCUT2D eigenvalue weighted by Crippen LogP contribution is -2.38. The number of aromatic nitrogens is 2. The molecule has 2 aromatic heterocycles. The number of fused-ring (bicyclic) bond motifs is 1. The van der Waals surface area contributed by atoms with Gasteiger partial charge in [0.15, 0.2) is 0 Å². The van der Waals surface area contributed by atoms with Crippen LogP contribution in [0.15, 0.2) is 28.0 Å². The summed E-state index contributed by atoms with van der Waals surface area (Å²) in [4.78, 5) is 11.0. The third-order valence-electron chi connectivity index (χ3n) is 3.05. The van der Waals surface area contributed by atoms with E-state index in [4.69, 9.17) is 4.42 Å². The minimum atomic E-state index is 0.561. The van der Waals surface area contributed by atoms with Crippen LogP contribution < -0.4 is 0 Å². The van der Waals surface area contributed by atoms with Gasteiger partial charge in [-0.15, -0.1) is 0 Å². The Morgan fingerprint density at radius 3 is 2.63 bits per heavy atom. The first-order valence-electron chi connectivity index (χ1n) is 6.68. The maximum Gasteiger partial charge on any atom is 0.258 e. The predicted octanol–water partition coefficient (Wildman–Crippen LogP) is 3.43. The van der Waals surface area contributed by atoms with Crippen molar-refractivity contribution >= 4 is 23.0 Å². The number of rotatable bonds is 6. The van der Waals surface area contributed by atoms with Gasteiger partial charge in [0.1, 0.15) is 5.52 Å². The molecule has 2 heterocycles. The molecule has 0 fully saturated rings. The van der Waals surface area contributed by atoms with Gasteiger partial charge in [-0.3, -0.25) is 4.90 Å². The molecule has 0 aliphatic carbocycles. The molecule has 4 nitrogen and oxygen atoms in total. The van der Waals surface area contributed by atoms with E-state index in [2.05, 4.69) is 42.6 Å². The maximum absolute atomic E-state index is 5.59. The molecule has 0 aliphatic heterocycles. The van der Waals surface area contributed by atoms with Gasteiger partial charge in [-0.1, -0.05) is 11.8 Å². The van der Waals surface area contributed by atoms with Gasteiger partial charge in [0, 0.05) is 30.6 Å². The van der Waals surface area contributed by atoms with Gasteiger partial charge >= 0.3 is 0 Å². The van der Waals surface area contributed by atoms with E-state index in [9.17, 15) is 0 Å². The molecule has 0 bridgehead atoms. The summed E-state index contributed by atoms with van der Waals surface area (Å²) < 4.78 is 5.59. The topological polar surface area (TPSA) is 42.2 Å². The lowest BCUT2D eigenvalue weighted by Gasteiger charge is -2.30. The lowest BCUT2D eigenvalue weighted by atomic mass is 10.2. The molecule has 0 saturated heterocycles. The van der Waals surface area contributed by atoms with Gasteiger partial charge in [0.05, 0.1) is 0 Å². The summed E-state index contributed by atoms with van der Waals surface area (Å²) in [6, 6.07) is 4.92. The van der Waals surface area contributed by atoms with Crippen LogP contribution in [0.1, 0.15) is 27.7 Å². The molecular weight excluding hydrogens is 258 g/mol. The summed E-state index contributed by atoms with van der Waals surface area (Å²) >= 11 is 1.65. The second-order valence-corrected chi connectivity index (χ2v) is 6.13. The van der Waals surface area contributed by atoms with Crippen LogP contribution >= 0.6 is 11.8 Å². The zero-order valence-corrected chi connectivity index (χ0v) is 12.8. The van der Waals surface area contributed by atoms with Gasteiger partial charge in [-0.2, -0.15) is 0 Å². The number of hydrogen-bond donors (Lipinski definition) is 0. The molecule has 5 heteroatoms. The van der Waals surface area contributed by atoms with E-state index in [1.807, 2.05) is 12.1 Å². The van der Waals surface area contributed by atoms with Crippen molar-refractivity contribution in [2.24, 2.45) is 0 Å². The Bertz CT molecular complexity index is 483. The first-order chi connectivity index (χ1) is 9.08. The van der Waals surface area contributed by atoms with Crippen molar-refractivity contribution in [1.29, 1.82) is 0 Å². The third kappa shape index (κ3) is 3.70. The molecule has 2 rings (SSSR count). The lowest BCUT2D eigenvalue weighted by molar-refractivity contribution is 0.187. The molecule has 0 radical (unpaired) electrons. The summed E-state index contributed by atoms with van der Waals surface area (Å²) in [6.07, 6.45) is 1.72. The van der Waals surface area contributed by atoms with Crippen LogP contribution in [0.25, 0.3) is 11.2 Å². The molecule has 19 heavy (non-hydrogen) atoms. The van der Waals surface area contributed by atoms with Crippen LogP contribution in [0.4, 0.5) is 0 Å². The standard InChI is InChI=1S/C14H21N3OS/c1-10(2)17(11(3)4)8-9-19-14-16-12-6-5-7-15-13(12)18-14/h5-7,10-11H,8-9H2,1-4H3. The van der Waals surface area contributed by atoms with E-state index in [-0.39, 0.29) is 0 Å². The first kappa shape index (κ1) is 14.3. The van der Waals surface area contributed by atoms with E-state index in [0.29, 0.717) is 23.0 Å². The Hall–Kier alpha value is -1.07. The SMILES string of the molecule is CC(C)N(CCSc1nc2cccnc2o1)C(C)C. The minimum Gasteiger partial charge on any atom is -0.412 e. The second kappa shape index (κ2) is 6.39. The van der Waals surface area contributed by atoms with Crippen molar-refractivity contribution in [3.8, 4) is 0 Å². The fraction of sp³-hybridized carbons (Fsp3) is 0.571. The Balaban J connectivity index is 1.91. The highest BCUT2D eigenvalue weighted by atomic mass is 32.2. The van der Waals surface area contributed by atoms with Crippen LogP contribution in [-0.2, 0) is 0 Å². The normalized spacial score (nSPS) is 12.2. The summed E-state index contributed by atoms with van der Waals surface area (Å²) in [7, 11) is 0. The van der Waals surface area contributed by atoms with Crippen molar-refractivity contribution in [2.45, 2.75) is 45.0 Å². The van der Waals surface area contributed by atoms with Gasteiger partial charge < -0.3 is 4.42 Å². The highest BCUT2D eigenvalue weighted by Crippen LogP contribution is 2.22. The number of nitrogens with zero attached hydrogens (tertiary/aromatic N) is 3. The quantitative estimate of drug-likeness (QED) is 0.758. The summed E-state index contributed by atoms with van der Waals surface area (Å²) in [6.45, 7) is 9.95. The van der Waals surface area contributed by atoms with Gasteiger partial charge in [0.25, 0.3) is 5.22 Å². The van der Waals surface area contributed by atoms with Crippen molar-refractivity contribution < 1.29 is 4.42 Å². The summed E-state index contributed by atoms with van der Waals surface area (Å²) in [5, 5.41) is 0.709. The summed E-state index contributed by atoms with van der Waals surface area (Å²) in [5.41, 5.74) is 1.45. The smallest absolute Gasteiger partial charge is 0.258 e. The van der Waals surface area contributed by atoms with E-state index in [0.717, 1.165) is 17.8 Å². The highest BCUT2D eigenvalue weighted by Gasteiger charge is 2.14. The van der Waals surface area contributed by atoms with E-state index >= 15 is 0 Å². The Kier molecular flexibility index (Phi) is 4.82. The molecule has 2 aromatic rings. The Morgan fingerprint density at radius 2 is 2.00 bits per heavy atom. The fourth-order valence-electron chi connectivity index (χ4n) is 2.16. The molecule has 0 saturated carbocycles. The van der Waals surface area contributed by atoms with Crippen LogP contribution in [0, 0.1) is 0 Å². The van der Waals surface area contributed by atoms with Crippen LogP contribution in [0.5, 0.6) is 0 Å². The monoisotopic (exact) mass is 279 g/mol. The van der Waals surface area contributed by atoms with Crippen molar-refractivity contribution in [3.05, 3.63) is 18.3 Å². The molecule has 0 N–H and O–H groups in total. The molecule has 0 unspecified atom stereocenters. The average molecular weight is 279 g/mol. The van der Waals surface area contributed by atoms with E-state index < -0.39 is 0 Å². The minimum absolute atomic E-state index is 0.561.